The third kappa shape index (κ3) is 2.78. The maximum absolute atomic E-state index is 12.3. The van der Waals surface area contributed by atoms with Crippen LogP contribution in [0.3, 0.4) is 0 Å². The van der Waals surface area contributed by atoms with Crippen LogP contribution in [0.25, 0.3) is 0 Å². The molecule has 1 aliphatic carbocycles. The predicted octanol–water partition coefficient (Wildman–Crippen LogP) is 2.66. The number of hydrogen-bond acceptors (Lipinski definition) is 3. The van der Waals surface area contributed by atoms with Crippen molar-refractivity contribution in [3.8, 4) is 0 Å². The zero-order valence-corrected chi connectivity index (χ0v) is 11.8. The van der Waals surface area contributed by atoms with Gasteiger partial charge in [0, 0.05) is 19.0 Å². The summed E-state index contributed by atoms with van der Waals surface area (Å²) in [7, 11) is 1.61. The molecule has 0 fully saturated rings. The van der Waals surface area contributed by atoms with Gasteiger partial charge in [0.25, 0.3) is 0 Å². The smallest absolute Gasteiger partial charge is 0.410 e. The fourth-order valence-electron chi connectivity index (χ4n) is 2.19. The van der Waals surface area contributed by atoms with Crippen molar-refractivity contribution in [1.29, 1.82) is 0 Å². The molecule has 1 amide bonds. The normalized spacial score (nSPS) is 18.1. The van der Waals surface area contributed by atoms with E-state index in [1.807, 2.05) is 39.0 Å². The molecule has 19 heavy (non-hydrogen) atoms. The first-order chi connectivity index (χ1) is 8.79. The molecule has 0 N–H and O–H groups in total. The quantitative estimate of drug-likeness (QED) is 0.780. The number of fused-ring (bicyclic) bond motifs is 1. The van der Waals surface area contributed by atoms with E-state index in [1.165, 1.54) is 4.90 Å². The molecule has 0 aromatic heterocycles. The summed E-state index contributed by atoms with van der Waals surface area (Å²) in [6, 6.07) is 7.03. The topological polar surface area (TPSA) is 46.6 Å². The molecular formula is C15H19NO3. The fourth-order valence-corrected chi connectivity index (χ4v) is 2.19. The average Bonchev–Trinajstić information content (AvgIpc) is 2.64. The number of carbonyl (C=O) groups excluding carboxylic acids is 2. The third-order valence-corrected chi connectivity index (χ3v) is 3.15. The molecule has 4 nitrogen and oxygen atoms in total. The lowest BCUT2D eigenvalue weighted by Gasteiger charge is -2.27. The van der Waals surface area contributed by atoms with E-state index in [0.717, 1.165) is 5.56 Å². The summed E-state index contributed by atoms with van der Waals surface area (Å²) in [5, 5.41) is 0. The molecule has 4 heteroatoms. The fraction of sp³-hybridized carbons (Fsp3) is 0.467. The van der Waals surface area contributed by atoms with E-state index in [9.17, 15) is 9.59 Å². The monoisotopic (exact) mass is 261 g/mol. The summed E-state index contributed by atoms with van der Waals surface area (Å²) < 4.78 is 5.29. The SMILES string of the molecule is CN(C(=O)OC(C)(C)C)C1Cc2ccccc2C1=O. The predicted molar refractivity (Wildman–Crippen MR) is 72.3 cm³/mol. The van der Waals surface area contributed by atoms with Crippen molar-refractivity contribution in [2.75, 3.05) is 7.05 Å². The molecule has 102 valence electrons. The number of benzene rings is 1. The number of amides is 1. The molecule has 0 saturated heterocycles. The number of ketones is 1. The van der Waals surface area contributed by atoms with Crippen LogP contribution >= 0.6 is 0 Å². The van der Waals surface area contributed by atoms with Crippen LogP contribution in [-0.2, 0) is 11.2 Å². The lowest BCUT2D eigenvalue weighted by molar-refractivity contribution is 0.0225. The maximum Gasteiger partial charge on any atom is 0.410 e. The number of Topliss-reactive ketones (excluding diaryl/α,β-unsaturated/α-hetero) is 1. The van der Waals surface area contributed by atoms with Gasteiger partial charge in [-0.1, -0.05) is 24.3 Å². The van der Waals surface area contributed by atoms with Crippen molar-refractivity contribution >= 4 is 11.9 Å². The molecule has 1 aromatic carbocycles. The highest BCUT2D eigenvalue weighted by Gasteiger charge is 2.36. The molecule has 0 spiro atoms. The zero-order chi connectivity index (χ0) is 14.2. The summed E-state index contributed by atoms with van der Waals surface area (Å²) in [6.45, 7) is 5.43. The van der Waals surface area contributed by atoms with Crippen LogP contribution in [0.1, 0.15) is 36.7 Å². The van der Waals surface area contributed by atoms with Gasteiger partial charge in [-0.3, -0.25) is 4.79 Å². The number of ether oxygens (including phenoxy) is 1. The molecule has 1 aromatic rings. The Hall–Kier alpha value is -1.84. The summed E-state index contributed by atoms with van der Waals surface area (Å²) >= 11 is 0. The van der Waals surface area contributed by atoms with Crippen molar-refractivity contribution in [2.45, 2.75) is 38.8 Å². The van der Waals surface area contributed by atoms with E-state index < -0.39 is 17.7 Å². The zero-order valence-electron chi connectivity index (χ0n) is 11.8. The van der Waals surface area contributed by atoms with Gasteiger partial charge in [0.2, 0.25) is 0 Å². The van der Waals surface area contributed by atoms with Gasteiger partial charge < -0.3 is 9.64 Å². The van der Waals surface area contributed by atoms with Crippen LogP contribution in [0, 0.1) is 0 Å². The number of rotatable bonds is 1. The van der Waals surface area contributed by atoms with Gasteiger partial charge in [0.15, 0.2) is 5.78 Å². The van der Waals surface area contributed by atoms with Crippen LogP contribution in [0.5, 0.6) is 0 Å². The van der Waals surface area contributed by atoms with Gasteiger partial charge in [-0.05, 0) is 26.3 Å². The largest absolute Gasteiger partial charge is 0.444 e. The summed E-state index contributed by atoms with van der Waals surface area (Å²) in [4.78, 5) is 25.6. The minimum absolute atomic E-state index is 0.0102. The van der Waals surface area contributed by atoms with Gasteiger partial charge in [0.05, 0.1) is 0 Å². The standard InChI is InChI=1S/C15H19NO3/c1-15(2,3)19-14(18)16(4)12-9-10-7-5-6-8-11(10)13(12)17/h5-8,12H,9H2,1-4H3. The Morgan fingerprint density at radius 3 is 2.53 bits per heavy atom. The van der Waals surface area contributed by atoms with Crippen LogP contribution in [-0.4, -0.2) is 35.5 Å². The Morgan fingerprint density at radius 2 is 1.95 bits per heavy atom. The number of carbonyl (C=O) groups is 2. The van der Waals surface area contributed by atoms with Gasteiger partial charge in [-0.25, -0.2) is 4.79 Å². The average molecular weight is 261 g/mol. The first-order valence-electron chi connectivity index (χ1n) is 6.37. The molecular weight excluding hydrogens is 242 g/mol. The van der Waals surface area contributed by atoms with Crippen LogP contribution in [0.4, 0.5) is 4.79 Å². The van der Waals surface area contributed by atoms with E-state index in [2.05, 4.69) is 0 Å². The van der Waals surface area contributed by atoms with Gasteiger partial charge >= 0.3 is 6.09 Å². The first-order valence-corrected chi connectivity index (χ1v) is 6.37. The number of nitrogens with zero attached hydrogens (tertiary/aromatic N) is 1. The van der Waals surface area contributed by atoms with Gasteiger partial charge in [-0.15, -0.1) is 0 Å². The van der Waals surface area contributed by atoms with E-state index >= 15 is 0 Å². The highest BCUT2D eigenvalue weighted by Crippen LogP contribution is 2.25. The molecule has 0 bridgehead atoms. The summed E-state index contributed by atoms with van der Waals surface area (Å²) in [5.41, 5.74) is 1.15. The Kier molecular flexibility index (Phi) is 3.35. The second-order valence-corrected chi connectivity index (χ2v) is 5.83. The third-order valence-electron chi connectivity index (χ3n) is 3.15. The van der Waals surface area contributed by atoms with Crippen molar-refractivity contribution < 1.29 is 14.3 Å². The van der Waals surface area contributed by atoms with Gasteiger partial charge in [0.1, 0.15) is 11.6 Å². The molecule has 1 unspecified atom stereocenters. The van der Waals surface area contributed by atoms with Crippen LogP contribution in [0.15, 0.2) is 24.3 Å². The molecule has 2 rings (SSSR count). The second kappa shape index (κ2) is 4.68. The van der Waals surface area contributed by atoms with E-state index in [-0.39, 0.29) is 5.78 Å². The Balaban J connectivity index is 2.13. The highest BCUT2D eigenvalue weighted by atomic mass is 16.6. The first kappa shape index (κ1) is 13.6. The molecule has 1 atom stereocenters. The van der Waals surface area contributed by atoms with Gasteiger partial charge in [-0.2, -0.15) is 0 Å². The van der Waals surface area contributed by atoms with Crippen molar-refractivity contribution in [3.05, 3.63) is 35.4 Å². The van der Waals surface area contributed by atoms with E-state index in [4.69, 9.17) is 4.74 Å². The number of likely N-dealkylation sites (N-methyl/N-ethyl adjacent to an activating group) is 1. The minimum Gasteiger partial charge on any atom is -0.444 e. The van der Waals surface area contributed by atoms with Crippen LogP contribution in [0.2, 0.25) is 0 Å². The van der Waals surface area contributed by atoms with E-state index in [0.29, 0.717) is 12.0 Å². The second-order valence-electron chi connectivity index (χ2n) is 5.83. The molecule has 0 heterocycles. The van der Waals surface area contributed by atoms with Crippen LogP contribution < -0.4 is 0 Å². The summed E-state index contributed by atoms with van der Waals surface area (Å²) in [5.74, 6) is -0.0102. The van der Waals surface area contributed by atoms with Crippen molar-refractivity contribution in [3.63, 3.8) is 0 Å². The lowest BCUT2D eigenvalue weighted by Crippen LogP contribution is -2.43. The molecule has 0 aliphatic heterocycles. The Labute approximate surface area is 113 Å². The molecule has 0 saturated carbocycles. The Bertz CT molecular complexity index is 516. The molecule has 0 radical (unpaired) electrons. The maximum atomic E-state index is 12.3. The Morgan fingerprint density at radius 1 is 1.32 bits per heavy atom. The highest BCUT2D eigenvalue weighted by molar-refractivity contribution is 6.05. The lowest BCUT2D eigenvalue weighted by atomic mass is 10.1. The van der Waals surface area contributed by atoms with Crippen molar-refractivity contribution in [2.24, 2.45) is 0 Å². The minimum atomic E-state index is -0.556. The summed E-state index contributed by atoms with van der Waals surface area (Å²) in [6.07, 6.45) is 0.101. The molecule has 1 aliphatic rings. The number of hydrogen-bond donors (Lipinski definition) is 0. The van der Waals surface area contributed by atoms with Crippen molar-refractivity contribution in [1.82, 2.24) is 4.90 Å². The van der Waals surface area contributed by atoms with E-state index in [1.54, 1.807) is 13.1 Å².